The number of nitrogens with one attached hydrogen (secondary N) is 1. The van der Waals surface area contributed by atoms with Crippen molar-refractivity contribution in [1.82, 2.24) is 15.5 Å². The van der Waals surface area contributed by atoms with Crippen LogP contribution in [0.4, 0.5) is 0 Å². The van der Waals surface area contributed by atoms with Gasteiger partial charge in [0.25, 0.3) is 5.91 Å². The third kappa shape index (κ3) is 5.32. The van der Waals surface area contributed by atoms with Crippen molar-refractivity contribution in [3.8, 4) is 0 Å². The van der Waals surface area contributed by atoms with E-state index in [1.54, 1.807) is 12.3 Å². The maximum absolute atomic E-state index is 12.7. The normalized spacial score (nSPS) is 18.0. The SMILES string of the molecule is Cc1cc(CSc2ncccc2C(=O)N[C@@H](C)CC[C@@H]2CCCO2)no1. The first-order valence-electron chi connectivity index (χ1n) is 9.04. The minimum Gasteiger partial charge on any atom is -0.378 e. The van der Waals surface area contributed by atoms with Crippen LogP contribution in [0.1, 0.15) is 54.4 Å². The second-order valence-corrected chi connectivity index (χ2v) is 7.62. The molecule has 0 saturated carbocycles. The molecule has 0 bridgehead atoms. The van der Waals surface area contributed by atoms with Gasteiger partial charge in [-0.25, -0.2) is 4.98 Å². The molecule has 0 aromatic carbocycles. The van der Waals surface area contributed by atoms with Gasteiger partial charge in [-0.3, -0.25) is 4.79 Å². The van der Waals surface area contributed by atoms with Gasteiger partial charge in [-0.1, -0.05) is 16.9 Å². The third-order valence-corrected chi connectivity index (χ3v) is 5.41. The van der Waals surface area contributed by atoms with E-state index in [-0.39, 0.29) is 11.9 Å². The second kappa shape index (κ2) is 9.19. The maximum Gasteiger partial charge on any atom is 0.254 e. The number of pyridine rings is 1. The van der Waals surface area contributed by atoms with Crippen LogP contribution in [0.15, 0.2) is 33.9 Å². The number of nitrogens with zero attached hydrogens (tertiary/aromatic N) is 2. The summed E-state index contributed by atoms with van der Waals surface area (Å²) in [4.78, 5) is 17.0. The van der Waals surface area contributed by atoms with Gasteiger partial charge in [0.15, 0.2) is 0 Å². The van der Waals surface area contributed by atoms with Crippen molar-refractivity contribution in [2.45, 2.75) is 62.5 Å². The average Bonchev–Trinajstić information content (AvgIpc) is 3.30. The smallest absolute Gasteiger partial charge is 0.254 e. The molecule has 2 aromatic heterocycles. The molecule has 1 N–H and O–H groups in total. The molecule has 3 heterocycles. The number of hydrogen-bond acceptors (Lipinski definition) is 6. The molecule has 6 nitrogen and oxygen atoms in total. The van der Waals surface area contributed by atoms with Gasteiger partial charge in [0.1, 0.15) is 10.8 Å². The molecule has 0 unspecified atom stereocenters. The molecule has 1 aliphatic heterocycles. The van der Waals surface area contributed by atoms with Gasteiger partial charge in [-0.05, 0) is 51.7 Å². The summed E-state index contributed by atoms with van der Waals surface area (Å²) >= 11 is 1.49. The topological polar surface area (TPSA) is 77.2 Å². The zero-order chi connectivity index (χ0) is 18.4. The molecule has 1 saturated heterocycles. The lowest BCUT2D eigenvalue weighted by Crippen LogP contribution is -2.33. The first kappa shape index (κ1) is 18.9. The van der Waals surface area contributed by atoms with Crippen molar-refractivity contribution < 1.29 is 14.1 Å². The largest absolute Gasteiger partial charge is 0.378 e. The molecule has 1 amide bonds. The van der Waals surface area contributed by atoms with Gasteiger partial charge in [0.05, 0.1) is 17.4 Å². The highest BCUT2D eigenvalue weighted by atomic mass is 32.2. The Morgan fingerprint density at radius 1 is 1.50 bits per heavy atom. The molecular weight excluding hydrogens is 350 g/mol. The number of aromatic nitrogens is 2. The Labute approximate surface area is 158 Å². The standard InChI is InChI=1S/C19H25N3O3S/c1-13(7-8-16-5-4-10-24-16)21-18(23)17-6-3-9-20-19(17)26-12-15-11-14(2)25-22-15/h3,6,9,11,13,16H,4-5,7-8,10,12H2,1-2H3,(H,21,23)/t13-,16-/m0/s1. The number of amides is 1. The zero-order valence-electron chi connectivity index (χ0n) is 15.2. The minimum atomic E-state index is -0.0863. The first-order valence-corrected chi connectivity index (χ1v) is 10.0. The molecule has 1 aliphatic rings. The predicted molar refractivity (Wildman–Crippen MR) is 100 cm³/mol. The predicted octanol–water partition coefficient (Wildman–Crippen LogP) is 3.75. The summed E-state index contributed by atoms with van der Waals surface area (Å²) in [6, 6.07) is 5.59. The van der Waals surface area contributed by atoms with E-state index in [1.807, 2.05) is 26.0 Å². The maximum atomic E-state index is 12.7. The van der Waals surface area contributed by atoms with Crippen molar-refractivity contribution in [3.63, 3.8) is 0 Å². The molecule has 2 aromatic rings. The summed E-state index contributed by atoms with van der Waals surface area (Å²) < 4.78 is 10.7. The summed E-state index contributed by atoms with van der Waals surface area (Å²) in [5, 5.41) is 7.77. The molecule has 0 aliphatic carbocycles. The van der Waals surface area contributed by atoms with E-state index in [0.29, 0.717) is 22.4 Å². The third-order valence-electron chi connectivity index (χ3n) is 4.37. The van der Waals surface area contributed by atoms with Crippen molar-refractivity contribution in [1.29, 1.82) is 0 Å². The molecule has 7 heteroatoms. The minimum absolute atomic E-state index is 0.0863. The van der Waals surface area contributed by atoms with Crippen molar-refractivity contribution in [3.05, 3.63) is 41.4 Å². The number of thioether (sulfide) groups is 1. The van der Waals surface area contributed by atoms with Gasteiger partial charge in [-0.15, -0.1) is 0 Å². The van der Waals surface area contributed by atoms with Gasteiger partial charge in [0.2, 0.25) is 0 Å². The van der Waals surface area contributed by atoms with Crippen molar-refractivity contribution >= 4 is 17.7 Å². The highest BCUT2D eigenvalue weighted by molar-refractivity contribution is 7.98. The Morgan fingerprint density at radius 3 is 3.12 bits per heavy atom. The van der Waals surface area contributed by atoms with Crippen LogP contribution in [0.2, 0.25) is 0 Å². The van der Waals surface area contributed by atoms with E-state index in [2.05, 4.69) is 15.5 Å². The number of carbonyl (C=O) groups is 1. The monoisotopic (exact) mass is 375 g/mol. The molecule has 0 spiro atoms. The number of ether oxygens (including phenoxy) is 1. The Morgan fingerprint density at radius 2 is 2.38 bits per heavy atom. The Hall–Kier alpha value is -1.86. The summed E-state index contributed by atoms with van der Waals surface area (Å²) in [5.74, 6) is 1.31. The molecule has 26 heavy (non-hydrogen) atoms. The number of carbonyl (C=O) groups excluding carboxylic acids is 1. The van der Waals surface area contributed by atoms with Crippen LogP contribution >= 0.6 is 11.8 Å². The quantitative estimate of drug-likeness (QED) is 0.708. The zero-order valence-corrected chi connectivity index (χ0v) is 16.1. The average molecular weight is 375 g/mol. The summed E-state index contributed by atoms with van der Waals surface area (Å²) in [5.41, 5.74) is 1.44. The van der Waals surface area contributed by atoms with Crippen LogP contribution in [0.25, 0.3) is 0 Å². The van der Waals surface area contributed by atoms with E-state index in [1.165, 1.54) is 11.8 Å². The molecule has 1 fully saturated rings. The van der Waals surface area contributed by atoms with E-state index in [9.17, 15) is 4.79 Å². The lowest BCUT2D eigenvalue weighted by molar-refractivity contribution is 0.0896. The van der Waals surface area contributed by atoms with Crippen LogP contribution in [-0.4, -0.2) is 34.8 Å². The van der Waals surface area contributed by atoms with Crippen molar-refractivity contribution in [2.75, 3.05) is 6.61 Å². The molecular formula is C19H25N3O3S. The van der Waals surface area contributed by atoms with Gasteiger partial charge in [-0.2, -0.15) is 0 Å². The fourth-order valence-electron chi connectivity index (χ4n) is 2.99. The van der Waals surface area contributed by atoms with Crippen molar-refractivity contribution in [2.24, 2.45) is 0 Å². The lowest BCUT2D eigenvalue weighted by atomic mass is 10.1. The van der Waals surface area contributed by atoms with Crippen LogP contribution in [0, 0.1) is 6.92 Å². The van der Waals surface area contributed by atoms with E-state index < -0.39 is 0 Å². The van der Waals surface area contributed by atoms with Gasteiger partial charge < -0.3 is 14.6 Å². The summed E-state index contributed by atoms with van der Waals surface area (Å²) in [7, 11) is 0. The summed E-state index contributed by atoms with van der Waals surface area (Å²) in [6.07, 6.45) is 6.23. The fourth-order valence-corrected chi connectivity index (χ4v) is 3.86. The Bertz CT molecular complexity index is 728. The highest BCUT2D eigenvalue weighted by Crippen LogP contribution is 2.24. The molecule has 140 valence electrons. The van der Waals surface area contributed by atoms with E-state index in [4.69, 9.17) is 9.26 Å². The Balaban J connectivity index is 1.54. The first-order chi connectivity index (χ1) is 12.6. The van der Waals surface area contributed by atoms with Crippen LogP contribution in [0.5, 0.6) is 0 Å². The van der Waals surface area contributed by atoms with Gasteiger partial charge >= 0.3 is 0 Å². The van der Waals surface area contributed by atoms with Crippen LogP contribution in [0.3, 0.4) is 0 Å². The second-order valence-electron chi connectivity index (χ2n) is 6.66. The number of rotatable bonds is 8. The van der Waals surface area contributed by atoms with Gasteiger partial charge in [0, 0.05) is 30.7 Å². The fraction of sp³-hybridized carbons (Fsp3) is 0.526. The van der Waals surface area contributed by atoms with Crippen LogP contribution in [-0.2, 0) is 10.5 Å². The number of hydrogen-bond donors (Lipinski definition) is 1. The van der Waals surface area contributed by atoms with E-state index in [0.717, 1.165) is 43.7 Å². The molecule has 0 radical (unpaired) electrons. The number of aryl methyl sites for hydroxylation is 1. The Kier molecular flexibility index (Phi) is 6.68. The highest BCUT2D eigenvalue weighted by Gasteiger charge is 2.19. The van der Waals surface area contributed by atoms with E-state index >= 15 is 0 Å². The molecule has 2 atom stereocenters. The van der Waals surface area contributed by atoms with Crippen LogP contribution < -0.4 is 5.32 Å². The lowest BCUT2D eigenvalue weighted by Gasteiger charge is -2.17. The summed E-state index contributed by atoms with van der Waals surface area (Å²) in [6.45, 7) is 4.76. The molecule has 3 rings (SSSR count).